The molecule has 5 nitrogen and oxygen atoms in total. The summed E-state index contributed by atoms with van der Waals surface area (Å²) in [5.41, 5.74) is 0.851. The van der Waals surface area contributed by atoms with Crippen LogP contribution in [-0.4, -0.2) is 22.5 Å². The van der Waals surface area contributed by atoms with E-state index in [1.54, 1.807) is 18.5 Å². The van der Waals surface area contributed by atoms with Gasteiger partial charge in [-0.15, -0.1) is 0 Å². The summed E-state index contributed by atoms with van der Waals surface area (Å²) in [7, 11) is 0. The zero-order valence-corrected chi connectivity index (χ0v) is 8.86. The first-order chi connectivity index (χ1) is 7.64. The summed E-state index contributed by atoms with van der Waals surface area (Å²) in [4.78, 5) is 29.0. The van der Waals surface area contributed by atoms with Gasteiger partial charge in [-0.25, -0.2) is 9.69 Å². The highest BCUT2D eigenvalue weighted by molar-refractivity contribution is 6.24. The Morgan fingerprint density at radius 3 is 2.75 bits per heavy atom. The van der Waals surface area contributed by atoms with Gasteiger partial charge in [-0.1, -0.05) is 0 Å². The fraction of sp³-hybridized carbons (Fsp3) is 0.364. The molecule has 82 valence electrons. The van der Waals surface area contributed by atoms with Crippen LogP contribution >= 0.6 is 0 Å². The predicted octanol–water partition coefficient (Wildman–Crippen LogP) is 0.979. The number of urea groups is 1. The number of hydrogen-bond acceptors (Lipinski definition) is 3. The smallest absolute Gasteiger partial charge is 0.323 e. The molecular weight excluding hydrogens is 206 g/mol. The van der Waals surface area contributed by atoms with Gasteiger partial charge in [-0.3, -0.25) is 9.78 Å². The van der Waals surface area contributed by atoms with Gasteiger partial charge in [0.05, 0.1) is 11.9 Å². The third-order valence-electron chi connectivity index (χ3n) is 3.16. The first-order valence-corrected chi connectivity index (χ1v) is 5.21. The maximum absolute atomic E-state index is 12.1. The monoisotopic (exact) mass is 217 g/mol. The van der Waals surface area contributed by atoms with Crippen molar-refractivity contribution in [1.82, 2.24) is 10.3 Å². The van der Waals surface area contributed by atoms with Gasteiger partial charge in [0.25, 0.3) is 5.91 Å². The Hall–Kier alpha value is -1.91. The molecule has 0 radical (unpaired) electrons. The van der Waals surface area contributed by atoms with Gasteiger partial charge >= 0.3 is 6.03 Å². The molecule has 1 N–H and O–H groups in total. The fourth-order valence-electron chi connectivity index (χ4n) is 1.99. The SMILES string of the molecule is Cc1ccncc1N1C(=O)NC2(CC2)C1=O. The van der Waals surface area contributed by atoms with Gasteiger partial charge < -0.3 is 5.32 Å². The van der Waals surface area contributed by atoms with Crippen molar-refractivity contribution < 1.29 is 9.59 Å². The number of anilines is 1. The second kappa shape index (κ2) is 2.81. The maximum Gasteiger partial charge on any atom is 0.329 e. The number of aromatic nitrogens is 1. The zero-order chi connectivity index (χ0) is 11.3. The van der Waals surface area contributed by atoms with E-state index in [2.05, 4.69) is 10.3 Å². The number of carbonyl (C=O) groups is 2. The Morgan fingerprint density at radius 2 is 2.19 bits per heavy atom. The molecule has 5 heteroatoms. The van der Waals surface area contributed by atoms with E-state index in [0.29, 0.717) is 5.69 Å². The van der Waals surface area contributed by atoms with E-state index in [4.69, 9.17) is 0 Å². The number of nitrogens with one attached hydrogen (secondary N) is 1. The van der Waals surface area contributed by atoms with Gasteiger partial charge in [-0.2, -0.15) is 0 Å². The van der Waals surface area contributed by atoms with E-state index in [9.17, 15) is 9.59 Å². The Bertz CT molecular complexity index is 494. The van der Waals surface area contributed by atoms with E-state index >= 15 is 0 Å². The van der Waals surface area contributed by atoms with Crippen molar-refractivity contribution in [3.05, 3.63) is 24.0 Å². The molecule has 1 spiro atoms. The largest absolute Gasteiger partial charge is 0.329 e. The van der Waals surface area contributed by atoms with Crippen LogP contribution in [-0.2, 0) is 4.79 Å². The van der Waals surface area contributed by atoms with Crippen LogP contribution in [0.4, 0.5) is 10.5 Å². The molecule has 0 aromatic carbocycles. The molecule has 1 saturated carbocycles. The van der Waals surface area contributed by atoms with Gasteiger partial charge in [0, 0.05) is 6.20 Å². The number of imide groups is 1. The lowest BCUT2D eigenvalue weighted by atomic mass is 10.2. The summed E-state index contributed by atoms with van der Waals surface area (Å²) in [5.74, 6) is -0.145. The summed E-state index contributed by atoms with van der Waals surface area (Å²) in [6.07, 6.45) is 4.68. The molecule has 1 saturated heterocycles. The summed E-state index contributed by atoms with van der Waals surface area (Å²) in [6.45, 7) is 1.86. The van der Waals surface area contributed by atoms with Crippen molar-refractivity contribution in [2.75, 3.05) is 4.90 Å². The van der Waals surface area contributed by atoms with Crippen molar-refractivity contribution >= 4 is 17.6 Å². The minimum atomic E-state index is -0.598. The average molecular weight is 217 g/mol. The molecule has 2 fully saturated rings. The minimum absolute atomic E-state index is 0.145. The Kier molecular flexibility index (Phi) is 1.64. The normalized spacial score (nSPS) is 21.4. The van der Waals surface area contributed by atoms with Crippen molar-refractivity contribution in [2.24, 2.45) is 0 Å². The first kappa shape index (κ1) is 9.33. The quantitative estimate of drug-likeness (QED) is 0.713. The van der Waals surface area contributed by atoms with Crippen LogP contribution in [0.25, 0.3) is 0 Å². The topological polar surface area (TPSA) is 62.3 Å². The number of rotatable bonds is 1. The molecule has 0 atom stereocenters. The van der Waals surface area contributed by atoms with Crippen LogP contribution in [0.15, 0.2) is 18.5 Å². The molecule has 1 aliphatic heterocycles. The molecule has 2 aliphatic rings. The number of pyridine rings is 1. The van der Waals surface area contributed by atoms with Gasteiger partial charge in [0.1, 0.15) is 5.54 Å². The number of amides is 3. The van der Waals surface area contributed by atoms with Crippen LogP contribution in [0.5, 0.6) is 0 Å². The second-order valence-electron chi connectivity index (χ2n) is 4.31. The highest BCUT2D eigenvalue weighted by Gasteiger charge is 2.60. The Labute approximate surface area is 92.5 Å². The van der Waals surface area contributed by atoms with Crippen LogP contribution < -0.4 is 10.2 Å². The average Bonchev–Trinajstić information content (AvgIpc) is 2.97. The molecule has 1 aliphatic carbocycles. The molecular formula is C11H11N3O2. The molecule has 1 aromatic rings. The summed E-state index contributed by atoms with van der Waals surface area (Å²) >= 11 is 0. The van der Waals surface area contributed by atoms with E-state index in [1.807, 2.05) is 6.92 Å². The van der Waals surface area contributed by atoms with Gasteiger partial charge in [0.2, 0.25) is 0 Å². The first-order valence-electron chi connectivity index (χ1n) is 5.21. The van der Waals surface area contributed by atoms with Crippen molar-refractivity contribution in [3.8, 4) is 0 Å². The third-order valence-corrected chi connectivity index (χ3v) is 3.16. The molecule has 3 amide bonds. The van der Waals surface area contributed by atoms with E-state index in [1.165, 1.54) is 4.90 Å². The van der Waals surface area contributed by atoms with E-state index in [-0.39, 0.29) is 11.9 Å². The summed E-state index contributed by atoms with van der Waals surface area (Å²) < 4.78 is 0. The van der Waals surface area contributed by atoms with Crippen LogP contribution in [0, 0.1) is 6.92 Å². The lowest BCUT2D eigenvalue weighted by Crippen LogP contribution is -2.32. The number of nitrogens with zero attached hydrogens (tertiary/aromatic N) is 2. The fourth-order valence-corrected chi connectivity index (χ4v) is 1.99. The van der Waals surface area contributed by atoms with Crippen molar-refractivity contribution in [3.63, 3.8) is 0 Å². The highest BCUT2D eigenvalue weighted by Crippen LogP contribution is 2.42. The second-order valence-corrected chi connectivity index (χ2v) is 4.31. The molecule has 1 aromatic heterocycles. The van der Waals surface area contributed by atoms with E-state index in [0.717, 1.165) is 18.4 Å². The standard InChI is InChI=1S/C11H11N3O2/c1-7-2-5-12-6-8(7)14-9(15)11(3-4-11)13-10(14)16/h2,5-6H,3-4H2,1H3,(H,13,16). The highest BCUT2D eigenvalue weighted by atomic mass is 16.2. The molecule has 0 unspecified atom stereocenters. The van der Waals surface area contributed by atoms with Crippen molar-refractivity contribution in [1.29, 1.82) is 0 Å². The Balaban J connectivity index is 2.05. The summed E-state index contributed by atoms with van der Waals surface area (Å²) in [6, 6.07) is 1.45. The lowest BCUT2D eigenvalue weighted by molar-refractivity contribution is -0.119. The summed E-state index contributed by atoms with van der Waals surface area (Å²) in [5, 5.41) is 2.74. The van der Waals surface area contributed by atoms with Gasteiger partial charge in [-0.05, 0) is 31.4 Å². The predicted molar refractivity (Wildman–Crippen MR) is 57.0 cm³/mol. The van der Waals surface area contributed by atoms with E-state index < -0.39 is 5.54 Å². The molecule has 2 heterocycles. The zero-order valence-electron chi connectivity index (χ0n) is 8.86. The minimum Gasteiger partial charge on any atom is -0.323 e. The number of hydrogen-bond donors (Lipinski definition) is 1. The van der Waals surface area contributed by atoms with Crippen LogP contribution in [0.2, 0.25) is 0 Å². The number of aryl methyl sites for hydroxylation is 1. The van der Waals surface area contributed by atoms with Crippen LogP contribution in [0.1, 0.15) is 18.4 Å². The van der Waals surface area contributed by atoms with Crippen molar-refractivity contribution in [2.45, 2.75) is 25.3 Å². The van der Waals surface area contributed by atoms with Gasteiger partial charge in [0.15, 0.2) is 0 Å². The molecule has 16 heavy (non-hydrogen) atoms. The number of carbonyl (C=O) groups excluding carboxylic acids is 2. The third kappa shape index (κ3) is 1.08. The maximum atomic E-state index is 12.1. The Morgan fingerprint density at radius 1 is 1.44 bits per heavy atom. The molecule has 3 rings (SSSR count). The van der Waals surface area contributed by atoms with Crippen LogP contribution in [0.3, 0.4) is 0 Å². The molecule has 0 bridgehead atoms. The lowest BCUT2D eigenvalue weighted by Gasteiger charge is -2.14.